The van der Waals surface area contributed by atoms with Crippen molar-refractivity contribution in [3.8, 4) is 0 Å². The number of allylic oxidation sites excluding steroid dienone is 1. The van der Waals surface area contributed by atoms with E-state index in [1.54, 1.807) is 6.21 Å². The zero-order valence-electron chi connectivity index (χ0n) is 24.4. The molecule has 1 amide bonds. The largest absolute Gasteiger partial charge is 0.380 e. The summed E-state index contributed by atoms with van der Waals surface area (Å²) in [4.78, 5) is 19.0. The summed E-state index contributed by atoms with van der Waals surface area (Å²) in [5, 5.41) is 11.3. The molecule has 4 aliphatic carbocycles. The van der Waals surface area contributed by atoms with Gasteiger partial charge in [0.25, 0.3) is 5.91 Å². The number of fused-ring (bicyclic) bond motifs is 5. The summed E-state index contributed by atoms with van der Waals surface area (Å²) in [6.45, 7) is 13.0. The van der Waals surface area contributed by atoms with Gasteiger partial charge in [-0.1, -0.05) is 65.5 Å². The molecular formula is C32H54N2O2. The van der Waals surface area contributed by atoms with Crippen LogP contribution in [0.15, 0.2) is 16.6 Å². The van der Waals surface area contributed by atoms with Crippen LogP contribution in [-0.4, -0.2) is 48.4 Å². The molecule has 0 bridgehead atoms. The Morgan fingerprint density at radius 3 is 2.56 bits per heavy atom. The maximum atomic E-state index is 12.9. The first-order valence-electron chi connectivity index (χ1n) is 15.0. The van der Waals surface area contributed by atoms with E-state index in [9.17, 15) is 9.90 Å². The van der Waals surface area contributed by atoms with E-state index in [4.69, 9.17) is 0 Å². The summed E-state index contributed by atoms with van der Waals surface area (Å²) < 4.78 is 0. The van der Waals surface area contributed by atoms with Crippen molar-refractivity contribution < 1.29 is 9.90 Å². The monoisotopic (exact) mass is 498 g/mol. The van der Waals surface area contributed by atoms with Crippen molar-refractivity contribution in [3.05, 3.63) is 11.6 Å². The standard InChI is InChI=1S/C32H54N2O2/c1-22(2)9-8-10-23(3)26-13-14-27-25-12-11-24-21-32(36,29(35)33-19-20-34(6)7)18-17-30(24,4)28(25)15-16-31(26,27)5/h11,19,22-23,25-28,36H,8-10,12-18,20-21H2,1-7H3/t23-,25+,26-,27+,28+,30+,31-,32+/m1/s1. The van der Waals surface area contributed by atoms with Gasteiger partial charge in [-0.2, -0.15) is 0 Å². The number of aliphatic hydroxyl groups is 1. The Morgan fingerprint density at radius 1 is 1.11 bits per heavy atom. The normalized spacial score (nSPS) is 41.2. The van der Waals surface area contributed by atoms with Gasteiger partial charge in [-0.15, -0.1) is 0 Å². The molecule has 4 nitrogen and oxygen atoms in total. The molecule has 3 fully saturated rings. The van der Waals surface area contributed by atoms with Crippen LogP contribution in [0.5, 0.6) is 0 Å². The third-order valence-electron chi connectivity index (χ3n) is 11.4. The second kappa shape index (κ2) is 10.6. The molecule has 4 rings (SSSR count). The topological polar surface area (TPSA) is 52.9 Å². The van der Waals surface area contributed by atoms with Crippen LogP contribution in [0.1, 0.15) is 105 Å². The fraction of sp³-hybridized carbons (Fsp3) is 0.875. The molecule has 0 aromatic heterocycles. The minimum absolute atomic E-state index is 0.130. The highest BCUT2D eigenvalue weighted by Crippen LogP contribution is 2.67. The van der Waals surface area contributed by atoms with Crippen molar-refractivity contribution in [3.63, 3.8) is 0 Å². The molecule has 8 atom stereocenters. The third-order valence-corrected chi connectivity index (χ3v) is 11.4. The zero-order valence-corrected chi connectivity index (χ0v) is 24.4. The van der Waals surface area contributed by atoms with E-state index in [0.717, 1.165) is 42.4 Å². The summed E-state index contributed by atoms with van der Waals surface area (Å²) in [5.41, 5.74) is 0.639. The summed E-state index contributed by atoms with van der Waals surface area (Å²) in [6.07, 6.45) is 16.8. The van der Waals surface area contributed by atoms with Gasteiger partial charge in [-0.05, 0) is 105 Å². The van der Waals surface area contributed by atoms with E-state index < -0.39 is 5.60 Å². The lowest BCUT2D eigenvalue weighted by molar-refractivity contribution is -0.141. The molecular weight excluding hydrogens is 444 g/mol. The van der Waals surface area contributed by atoms with Crippen LogP contribution in [0.2, 0.25) is 0 Å². The maximum absolute atomic E-state index is 12.9. The second-order valence-electron chi connectivity index (χ2n) is 14.4. The highest BCUT2D eigenvalue weighted by Gasteiger charge is 2.60. The first-order valence-corrected chi connectivity index (χ1v) is 15.0. The van der Waals surface area contributed by atoms with Crippen LogP contribution in [0, 0.1) is 46.3 Å². The quantitative estimate of drug-likeness (QED) is 0.292. The number of carbonyl (C=O) groups excluding carboxylic acids is 1. The predicted octanol–water partition coefficient (Wildman–Crippen LogP) is 6.92. The Balaban J connectivity index is 1.46. The lowest BCUT2D eigenvalue weighted by atomic mass is 9.46. The fourth-order valence-electron chi connectivity index (χ4n) is 9.26. The number of hydrogen-bond acceptors (Lipinski definition) is 3. The van der Waals surface area contributed by atoms with Gasteiger partial charge in [-0.25, -0.2) is 4.99 Å². The van der Waals surface area contributed by atoms with Gasteiger partial charge in [0.15, 0.2) is 0 Å². The molecule has 4 heteroatoms. The van der Waals surface area contributed by atoms with Crippen molar-refractivity contribution in [2.75, 3.05) is 20.6 Å². The van der Waals surface area contributed by atoms with Gasteiger partial charge >= 0.3 is 0 Å². The van der Waals surface area contributed by atoms with E-state index in [1.165, 1.54) is 50.5 Å². The van der Waals surface area contributed by atoms with Gasteiger partial charge < -0.3 is 10.0 Å². The molecule has 0 heterocycles. The van der Waals surface area contributed by atoms with Gasteiger partial charge in [0.05, 0.1) is 0 Å². The van der Waals surface area contributed by atoms with Crippen LogP contribution in [0.4, 0.5) is 0 Å². The molecule has 0 saturated heterocycles. The Kier molecular flexibility index (Phi) is 8.28. The Morgan fingerprint density at radius 2 is 1.86 bits per heavy atom. The Bertz CT molecular complexity index is 862. The van der Waals surface area contributed by atoms with Crippen molar-refractivity contribution in [2.24, 2.45) is 51.3 Å². The van der Waals surface area contributed by atoms with Crippen LogP contribution in [-0.2, 0) is 4.79 Å². The SMILES string of the molecule is CC(C)CCC[C@@H](C)[C@H]1CC[C@H]2[C@@H]3CC=C4C[C@](O)(C(=O)N=CCN(C)C)CC[C@]4(C)[C@H]3CC[C@]12C. The molecule has 0 aliphatic heterocycles. The van der Waals surface area contributed by atoms with E-state index in [-0.39, 0.29) is 11.3 Å². The van der Waals surface area contributed by atoms with Gasteiger partial charge in [0.1, 0.15) is 5.60 Å². The summed E-state index contributed by atoms with van der Waals surface area (Å²) in [5.74, 6) is 4.48. The van der Waals surface area contributed by atoms with Crippen LogP contribution in [0.25, 0.3) is 0 Å². The molecule has 204 valence electrons. The van der Waals surface area contributed by atoms with E-state index in [0.29, 0.717) is 30.7 Å². The average Bonchev–Trinajstić information content (AvgIpc) is 3.16. The van der Waals surface area contributed by atoms with Crippen molar-refractivity contribution >= 4 is 12.1 Å². The fourth-order valence-corrected chi connectivity index (χ4v) is 9.26. The zero-order chi connectivity index (χ0) is 26.3. The highest BCUT2D eigenvalue weighted by molar-refractivity contribution is 5.92. The Hall–Kier alpha value is -1.00. The molecule has 36 heavy (non-hydrogen) atoms. The number of carbonyl (C=O) groups is 1. The molecule has 0 aromatic rings. The first kappa shape index (κ1) is 28.0. The summed E-state index contributed by atoms with van der Waals surface area (Å²) >= 11 is 0. The summed E-state index contributed by atoms with van der Waals surface area (Å²) in [6, 6.07) is 0. The minimum atomic E-state index is -1.33. The van der Waals surface area contributed by atoms with Gasteiger partial charge in [0.2, 0.25) is 0 Å². The number of nitrogens with zero attached hydrogens (tertiary/aromatic N) is 2. The molecule has 3 saturated carbocycles. The van der Waals surface area contributed by atoms with Crippen molar-refractivity contribution in [2.45, 2.75) is 111 Å². The molecule has 0 spiro atoms. The van der Waals surface area contributed by atoms with Crippen molar-refractivity contribution in [1.29, 1.82) is 0 Å². The van der Waals surface area contributed by atoms with Gasteiger partial charge in [0, 0.05) is 19.2 Å². The van der Waals surface area contributed by atoms with Gasteiger partial charge in [-0.3, -0.25) is 4.79 Å². The van der Waals surface area contributed by atoms with Crippen LogP contribution < -0.4 is 0 Å². The molecule has 1 N–H and O–H groups in total. The number of amides is 1. The molecule has 4 aliphatic rings. The lowest BCUT2D eigenvalue weighted by Gasteiger charge is -2.59. The smallest absolute Gasteiger partial charge is 0.277 e. The lowest BCUT2D eigenvalue weighted by Crippen LogP contribution is -2.53. The number of hydrogen-bond donors (Lipinski definition) is 1. The van der Waals surface area contributed by atoms with E-state index in [2.05, 4.69) is 45.7 Å². The van der Waals surface area contributed by atoms with E-state index >= 15 is 0 Å². The number of aliphatic imine (C=N–C) groups is 1. The van der Waals surface area contributed by atoms with Crippen LogP contribution >= 0.6 is 0 Å². The Labute approximate surface area is 221 Å². The summed E-state index contributed by atoms with van der Waals surface area (Å²) in [7, 11) is 3.91. The predicted molar refractivity (Wildman–Crippen MR) is 150 cm³/mol. The molecule has 0 aromatic carbocycles. The minimum Gasteiger partial charge on any atom is -0.380 e. The first-order chi connectivity index (χ1) is 16.9. The highest BCUT2D eigenvalue weighted by atomic mass is 16.3. The van der Waals surface area contributed by atoms with Crippen molar-refractivity contribution in [1.82, 2.24) is 4.90 Å². The molecule has 0 radical (unpaired) electrons. The number of rotatable bonds is 8. The third kappa shape index (κ3) is 5.15. The molecule has 0 unspecified atom stereocenters. The second-order valence-corrected chi connectivity index (χ2v) is 14.4. The average molecular weight is 499 g/mol. The maximum Gasteiger partial charge on any atom is 0.277 e. The van der Waals surface area contributed by atoms with E-state index in [1.807, 2.05) is 19.0 Å². The van der Waals surface area contributed by atoms with Crippen LogP contribution in [0.3, 0.4) is 0 Å².